The zero-order valence-electron chi connectivity index (χ0n) is 11.9. The summed E-state index contributed by atoms with van der Waals surface area (Å²) in [5, 5.41) is 9.33. The smallest absolute Gasteiger partial charge is 0.309 e. The van der Waals surface area contributed by atoms with Crippen LogP contribution < -0.4 is 0 Å². The van der Waals surface area contributed by atoms with Crippen molar-refractivity contribution in [1.82, 2.24) is 9.80 Å². The molecule has 0 aromatic carbocycles. The summed E-state index contributed by atoms with van der Waals surface area (Å²) < 4.78 is 0. The first-order valence-electron chi connectivity index (χ1n) is 7.27. The molecule has 1 N–H and O–H groups in total. The van der Waals surface area contributed by atoms with Gasteiger partial charge in [-0.15, -0.1) is 0 Å². The van der Waals surface area contributed by atoms with Crippen molar-refractivity contribution in [3.63, 3.8) is 0 Å². The Labute approximate surface area is 118 Å². The summed E-state index contributed by atoms with van der Waals surface area (Å²) in [6.45, 7) is 4.44. The Morgan fingerprint density at radius 1 is 1.15 bits per heavy atom. The van der Waals surface area contributed by atoms with E-state index in [0.717, 1.165) is 13.1 Å². The molecule has 2 aliphatic heterocycles. The number of hydrogen-bond acceptors (Lipinski definition) is 4. The average molecular weight is 282 g/mol. The summed E-state index contributed by atoms with van der Waals surface area (Å²) in [5.41, 5.74) is -0.588. The van der Waals surface area contributed by atoms with Crippen molar-refractivity contribution in [2.24, 2.45) is 5.41 Å². The third-order valence-electron chi connectivity index (χ3n) is 4.74. The molecular formula is C14H22N2O4. The quantitative estimate of drug-likeness (QED) is 0.751. The van der Waals surface area contributed by atoms with Gasteiger partial charge in [-0.25, -0.2) is 0 Å². The lowest BCUT2D eigenvalue weighted by Crippen LogP contribution is -2.46. The molecule has 2 saturated heterocycles. The Hall–Kier alpha value is -1.43. The number of imide groups is 1. The van der Waals surface area contributed by atoms with E-state index >= 15 is 0 Å². The number of carboxylic acids is 1. The number of aliphatic carboxylic acids is 1. The third-order valence-corrected chi connectivity index (χ3v) is 4.74. The molecule has 0 spiro atoms. The van der Waals surface area contributed by atoms with Gasteiger partial charge >= 0.3 is 5.97 Å². The van der Waals surface area contributed by atoms with Crippen molar-refractivity contribution in [3.8, 4) is 0 Å². The summed E-state index contributed by atoms with van der Waals surface area (Å²) in [5.74, 6) is -0.870. The van der Waals surface area contributed by atoms with E-state index in [4.69, 9.17) is 0 Å². The third kappa shape index (κ3) is 2.85. The van der Waals surface area contributed by atoms with Gasteiger partial charge in [-0.1, -0.05) is 6.92 Å². The minimum absolute atomic E-state index is 0.0829. The van der Waals surface area contributed by atoms with E-state index in [1.165, 1.54) is 4.90 Å². The molecule has 0 aliphatic carbocycles. The second kappa shape index (κ2) is 5.91. The van der Waals surface area contributed by atoms with Crippen molar-refractivity contribution < 1.29 is 19.5 Å². The fourth-order valence-corrected chi connectivity index (χ4v) is 3.04. The Bertz CT molecular complexity index is 397. The van der Waals surface area contributed by atoms with E-state index in [0.29, 0.717) is 45.2 Å². The van der Waals surface area contributed by atoms with Crippen LogP contribution in [0, 0.1) is 5.41 Å². The lowest BCUT2D eigenvalue weighted by atomic mass is 9.76. The van der Waals surface area contributed by atoms with E-state index in [9.17, 15) is 19.5 Å². The number of hydrogen-bond donors (Lipinski definition) is 1. The Morgan fingerprint density at radius 2 is 1.70 bits per heavy atom. The van der Waals surface area contributed by atoms with Crippen LogP contribution in [0.15, 0.2) is 0 Å². The average Bonchev–Trinajstić information content (AvgIpc) is 2.76. The molecule has 0 bridgehead atoms. The van der Waals surface area contributed by atoms with E-state index < -0.39 is 11.4 Å². The largest absolute Gasteiger partial charge is 0.481 e. The first kappa shape index (κ1) is 15.0. The molecule has 2 heterocycles. The highest BCUT2D eigenvalue weighted by atomic mass is 16.4. The van der Waals surface area contributed by atoms with E-state index in [1.54, 1.807) is 0 Å². The van der Waals surface area contributed by atoms with Crippen molar-refractivity contribution in [2.45, 2.75) is 39.0 Å². The van der Waals surface area contributed by atoms with Gasteiger partial charge < -0.3 is 10.0 Å². The lowest BCUT2D eigenvalue weighted by Gasteiger charge is -2.38. The predicted octanol–water partition coefficient (Wildman–Crippen LogP) is 0.712. The van der Waals surface area contributed by atoms with Crippen LogP contribution in [0.25, 0.3) is 0 Å². The maximum atomic E-state index is 11.5. The number of amides is 2. The summed E-state index contributed by atoms with van der Waals surface area (Å²) in [7, 11) is 0. The molecule has 6 heteroatoms. The SMILES string of the molecule is CCC1(C(=O)O)CCN(CCN2C(=O)CCC2=O)CC1. The zero-order valence-corrected chi connectivity index (χ0v) is 11.9. The van der Waals surface area contributed by atoms with Crippen molar-refractivity contribution in [1.29, 1.82) is 0 Å². The second-order valence-electron chi connectivity index (χ2n) is 5.72. The predicted molar refractivity (Wildman–Crippen MR) is 72.0 cm³/mol. The van der Waals surface area contributed by atoms with Crippen LogP contribution in [0.2, 0.25) is 0 Å². The van der Waals surface area contributed by atoms with Crippen molar-refractivity contribution >= 4 is 17.8 Å². The van der Waals surface area contributed by atoms with Crippen LogP contribution in [0.3, 0.4) is 0 Å². The number of piperidine rings is 1. The Kier molecular flexibility index (Phi) is 4.42. The highest BCUT2D eigenvalue weighted by Crippen LogP contribution is 2.35. The number of carbonyl (C=O) groups excluding carboxylic acids is 2. The van der Waals surface area contributed by atoms with E-state index in [1.807, 2.05) is 6.92 Å². The fourth-order valence-electron chi connectivity index (χ4n) is 3.04. The van der Waals surface area contributed by atoms with Gasteiger partial charge in [-0.05, 0) is 32.4 Å². The molecule has 0 aromatic rings. The topological polar surface area (TPSA) is 77.9 Å². The number of nitrogens with zero attached hydrogens (tertiary/aromatic N) is 2. The monoisotopic (exact) mass is 282 g/mol. The second-order valence-corrected chi connectivity index (χ2v) is 5.72. The number of likely N-dealkylation sites (tertiary alicyclic amines) is 2. The molecule has 0 aromatic heterocycles. The van der Waals surface area contributed by atoms with Crippen LogP contribution >= 0.6 is 0 Å². The van der Waals surface area contributed by atoms with Gasteiger partial charge in [0.2, 0.25) is 11.8 Å². The minimum Gasteiger partial charge on any atom is -0.481 e. The molecule has 0 saturated carbocycles. The minimum atomic E-state index is -0.704. The van der Waals surface area contributed by atoms with Gasteiger partial charge in [0.05, 0.1) is 5.41 Å². The maximum Gasteiger partial charge on any atom is 0.309 e. The first-order chi connectivity index (χ1) is 9.48. The molecule has 112 valence electrons. The van der Waals surface area contributed by atoms with Gasteiger partial charge in [0.1, 0.15) is 0 Å². The summed E-state index contributed by atoms with van der Waals surface area (Å²) >= 11 is 0. The van der Waals surface area contributed by atoms with Crippen LogP contribution in [0.5, 0.6) is 0 Å². The Morgan fingerprint density at radius 3 is 2.15 bits per heavy atom. The van der Waals surface area contributed by atoms with E-state index in [-0.39, 0.29) is 11.8 Å². The molecule has 0 atom stereocenters. The molecule has 0 unspecified atom stereocenters. The fraction of sp³-hybridized carbons (Fsp3) is 0.786. The van der Waals surface area contributed by atoms with Gasteiger partial charge in [-0.3, -0.25) is 19.3 Å². The zero-order chi connectivity index (χ0) is 14.8. The summed E-state index contributed by atoms with van der Waals surface area (Å²) in [4.78, 5) is 37.8. The number of rotatable bonds is 5. The highest BCUT2D eigenvalue weighted by Gasteiger charge is 2.40. The summed E-state index contributed by atoms with van der Waals surface area (Å²) in [6, 6.07) is 0. The van der Waals surface area contributed by atoms with Crippen LogP contribution in [-0.4, -0.2) is 58.9 Å². The first-order valence-corrected chi connectivity index (χ1v) is 7.27. The standard InChI is InChI=1S/C14H22N2O4/c1-2-14(13(19)20)5-7-15(8-6-14)9-10-16-11(17)3-4-12(16)18/h2-10H2,1H3,(H,19,20). The summed E-state index contributed by atoms with van der Waals surface area (Å²) in [6.07, 6.45) is 2.59. The van der Waals surface area contributed by atoms with Crippen LogP contribution in [0.1, 0.15) is 39.0 Å². The van der Waals surface area contributed by atoms with Crippen LogP contribution in [-0.2, 0) is 14.4 Å². The maximum absolute atomic E-state index is 11.5. The molecular weight excluding hydrogens is 260 g/mol. The molecule has 2 rings (SSSR count). The molecule has 6 nitrogen and oxygen atoms in total. The normalized spacial score (nSPS) is 23.4. The van der Waals surface area contributed by atoms with Crippen molar-refractivity contribution in [2.75, 3.05) is 26.2 Å². The molecule has 20 heavy (non-hydrogen) atoms. The van der Waals surface area contributed by atoms with Crippen LogP contribution in [0.4, 0.5) is 0 Å². The Balaban J connectivity index is 1.81. The lowest BCUT2D eigenvalue weighted by molar-refractivity contribution is -0.152. The van der Waals surface area contributed by atoms with Gasteiger partial charge in [0.25, 0.3) is 0 Å². The van der Waals surface area contributed by atoms with Gasteiger partial charge in [-0.2, -0.15) is 0 Å². The molecule has 0 radical (unpaired) electrons. The molecule has 2 fully saturated rings. The molecule has 2 amide bonds. The van der Waals surface area contributed by atoms with Crippen molar-refractivity contribution in [3.05, 3.63) is 0 Å². The van der Waals surface area contributed by atoms with E-state index in [2.05, 4.69) is 4.90 Å². The number of carbonyl (C=O) groups is 3. The highest BCUT2D eigenvalue weighted by molar-refractivity contribution is 6.01. The van der Waals surface area contributed by atoms with Gasteiger partial charge in [0.15, 0.2) is 0 Å². The molecule has 2 aliphatic rings. The number of carboxylic acid groups (broad SMARTS) is 1. The van der Waals surface area contributed by atoms with Gasteiger partial charge in [0, 0.05) is 25.9 Å².